The van der Waals surface area contributed by atoms with E-state index in [1.807, 2.05) is 0 Å². The molecule has 31 atom stereocenters. The first-order chi connectivity index (χ1) is 37.5. The number of carbonyl (C=O) groups excluding carboxylic acids is 3. The van der Waals surface area contributed by atoms with E-state index in [2.05, 4.69) is 16.0 Å². The summed E-state index contributed by atoms with van der Waals surface area (Å²) in [6, 6.07) is -4.47. The predicted octanol–water partition coefficient (Wildman–Crippen LogP) is -13.7. The van der Waals surface area contributed by atoms with Gasteiger partial charge in [-0.3, -0.25) is 14.4 Å². The van der Waals surface area contributed by atoms with Gasteiger partial charge in [-0.2, -0.15) is 0 Å². The molecule has 20 N–H and O–H groups in total. The van der Waals surface area contributed by atoms with Crippen LogP contribution in [-0.4, -0.2) is 341 Å². The Morgan fingerprint density at radius 2 is 0.785 bits per heavy atom. The first-order valence-electron chi connectivity index (χ1n) is 25.2. The van der Waals surface area contributed by atoms with Crippen molar-refractivity contribution in [2.24, 2.45) is 0 Å². The lowest BCUT2D eigenvalue weighted by molar-refractivity contribution is -0.387. The van der Waals surface area contributed by atoms with Gasteiger partial charge in [0.05, 0.1) is 58.4 Å². The molecule has 6 fully saturated rings. The minimum absolute atomic E-state index is 0.278. The highest BCUT2D eigenvalue weighted by Gasteiger charge is 2.58. The third-order valence-corrected chi connectivity index (χ3v) is 14.2. The molecule has 0 aromatic rings. The quantitative estimate of drug-likeness (QED) is 0.0423. The van der Waals surface area contributed by atoms with Crippen LogP contribution in [0.4, 0.5) is 0 Å². The van der Waals surface area contributed by atoms with E-state index in [0.29, 0.717) is 0 Å². The maximum absolute atomic E-state index is 12.7. The fourth-order valence-electron chi connectivity index (χ4n) is 9.85. The van der Waals surface area contributed by atoms with E-state index in [1.54, 1.807) is 0 Å². The van der Waals surface area contributed by atoms with E-state index in [1.165, 1.54) is 6.92 Å². The highest BCUT2D eigenvalue weighted by molar-refractivity contribution is 5.73. The molecular formula is C44H75N3O32. The topological polar surface area (TPSA) is 542 Å². The third kappa shape index (κ3) is 14.8. The molecule has 0 aromatic heterocycles. The number of hydrogen-bond donors (Lipinski definition) is 20. The van der Waals surface area contributed by atoms with Gasteiger partial charge in [-0.25, -0.2) is 0 Å². The van der Waals surface area contributed by atoms with Crippen LogP contribution in [0.1, 0.15) is 20.8 Å². The maximum atomic E-state index is 12.7. The molecule has 79 heavy (non-hydrogen) atoms. The normalized spacial score (nSPS) is 47.2. The summed E-state index contributed by atoms with van der Waals surface area (Å²) >= 11 is 0. The summed E-state index contributed by atoms with van der Waals surface area (Å²) in [5.41, 5.74) is 0. The molecule has 0 aromatic carbocycles. The van der Waals surface area contributed by atoms with Gasteiger partial charge in [-0.05, 0) is 6.92 Å². The first-order valence-corrected chi connectivity index (χ1v) is 25.2. The fourth-order valence-corrected chi connectivity index (χ4v) is 9.85. The molecule has 0 saturated carbocycles. The van der Waals surface area contributed by atoms with Gasteiger partial charge >= 0.3 is 0 Å². The van der Waals surface area contributed by atoms with Crippen molar-refractivity contribution in [3.8, 4) is 0 Å². The van der Waals surface area contributed by atoms with Crippen LogP contribution in [0.3, 0.4) is 0 Å². The van der Waals surface area contributed by atoms with Crippen molar-refractivity contribution in [3.05, 3.63) is 0 Å². The Morgan fingerprint density at radius 3 is 1.16 bits per heavy atom. The lowest BCUT2D eigenvalue weighted by Crippen LogP contribution is -2.70. The molecule has 0 aliphatic carbocycles. The number of carbonyl (C=O) groups is 3. The Balaban J connectivity index is 1.19. The number of hydrogen-bond acceptors (Lipinski definition) is 32. The van der Waals surface area contributed by atoms with Gasteiger partial charge < -0.3 is 160 Å². The van der Waals surface area contributed by atoms with Crippen LogP contribution in [0.15, 0.2) is 0 Å². The van der Waals surface area contributed by atoms with Gasteiger partial charge in [-0.1, -0.05) is 0 Å². The molecule has 0 radical (unpaired) electrons. The third-order valence-electron chi connectivity index (χ3n) is 14.2. The van der Waals surface area contributed by atoms with Crippen LogP contribution in [0.25, 0.3) is 0 Å². The Morgan fingerprint density at radius 1 is 0.430 bits per heavy atom. The molecule has 35 heteroatoms. The number of aliphatic hydroxyl groups is 17. The Hall–Kier alpha value is -2.75. The highest BCUT2D eigenvalue weighted by atomic mass is 16.8. The van der Waals surface area contributed by atoms with Crippen LogP contribution < -0.4 is 16.0 Å². The van der Waals surface area contributed by atoms with Crippen molar-refractivity contribution in [2.75, 3.05) is 46.2 Å². The molecule has 6 heterocycles. The van der Waals surface area contributed by atoms with Crippen LogP contribution in [0.2, 0.25) is 0 Å². The largest absolute Gasteiger partial charge is 0.394 e. The smallest absolute Gasteiger partial charge is 0.217 e. The molecule has 0 bridgehead atoms. The van der Waals surface area contributed by atoms with Crippen molar-refractivity contribution in [1.29, 1.82) is 0 Å². The Kier molecular flexibility index (Phi) is 24.2. The van der Waals surface area contributed by atoms with Crippen molar-refractivity contribution in [1.82, 2.24) is 16.0 Å². The Labute approximate surface area is 448 Å². The van der Waals surface area contributed by atoms with E-state index in [0.717, 1.165) is 13.8 Å². The summed E-state index contributed by atoms with van der Waals surface area (Å²) in [6.07, 6.45) is -51.4. The van der Waals surface area contributed by atoms with Gasteiger partial charge in [0.2, 0.25) is 18.2 Å². The molecule has 6 aliphatic heterocycles. The van der Waals surface area contributed by atoms with E-state index in [4.69, 9.17) is 56.8 Å². The number of ether oxygens (including phenoxy) is 12. The van der Waals surface area contributed by atoms with Gasteiger partial charge in [0.15, 0.2) is 37.7 Å². The summed E-state index contributed by atoms with van der Waals surface area (Å²) in [4.78, 5) is 36.0. The SMILES string of the molecule is CC(=O)N[C@H]1[C@H](O[C@H]2[C@@H](O)[C@@H](CO)O[C@@H](O[C@H]3[C@H](O)[C@@H](NC(C)=O)[C@H](O[C@H]4[C@@H](O)[C@@H](CO)O[C@@H](O[C@H]5[C@H](O)[C@@H](O)[C@H](OC[C@@H](CO)NC=O)O[C@@H]5CO)[C@@H]4O)O[C@@H]3CO)[C@@H]2O)O[C@H](CO)[C@@H](O[C@@H]2O[C@@H](C)[C@@H](O)[C@@H](O)[C@@H]2O)[C@@H]1O. The number of aliphatic hydroxyl groups excluding tert-OH is 17. The second-order valence-electron chi connectivity index (χ2n) is 19.7. The highest BCUT2D eigenvalue weighted by Crippen LogP contribution is 2.37. The predicted molar refractivity (Wildman–Crippen MR) is 245 cm³/mol. The molecule has 0 spiro atoms. The summed E-state index contributed by atoms with van der Waals surface area (Å²) < 4.78 is 68.9. The average Bonchev–Trinajstić information content (AvgIpc) is 3.55. The van der Waals surface area contributed by atoms with Crippen LogP contribution in [0.5, 0.6) is 0 Å². The van der Waals surface area contributed by atoms with Gasteiger partial charge in [-0.15, -0.1) is 0 Å². The van der Waals surface area contributed by atoms with Crippen molar-refractivity contribution >= 4 is 18.2 Å². The molecule has 6 rings (SSSR count). The Bertz CT molecular complexity index is 1910. The van der Waals surface area contributed by atoms with E-state index in [-0.39, 0.29) is 6.41 Å². The number of amides is 3. The van der Waals surface area contributed by atoms with Crippen LogP contribution in [-0.2, 0) is 71.2 Å². The van der Waals surface area contributed by atoms with Crippen LogP contribution >= 0.6 is 0 Å². The zero-order valence-corrected chi connectivity index (χ0v) is 42.7. The van der Waals surface area contributed by atoms with Crippen LogP contribution in [0, 0.1) is 0 Å². The molecule has 3 amide bonds. The van der Waals surface area contributed by atoms with Crippen molar-refractivity contribution < 1.29 is 158 Å². The molecule has 0 unspecified atom stereocenters. The van der Waals surface area contributed by atoms with Crippen molar-refractivity contribution in [3.63, 3.8) is 0 Å². The lowest BCUT2D eigenvalue weighted by Gasteiger charge is -2.51. The zero-order chi connectivity index (χ0) is 58.3. The minimum Gasteiger partial charge on any atom is -0.394 e. The summed E-state index contributed by atoms with van der Waals surface area (Å²) in [5, 5.41) is 191. The summed E-state index contributed by atoms with van der Waals surface area (Å²) in [5.74, 6) is -1.67. The average molecular weight is 1160 g/mol. The van der Waals surface area contributed by atoms with Gasteiger partial charge in [0.1, 0.15) is 140 Å². The first kappa shape index (κ1) is 65.4. The number of rotatable bonds is 23. The second kappa shape index (κ2) is 29.2. The lowest BCUT2D eigenvalue weighted by atomic mass is 9.94. The molecule has 458 valence electrons. The zero-order valence-electron chi connectivity index (χ0n) is 42.7. The standard InChI is InChI=1S/C44H75N3O32/c1-12-23(57)28(62)30(64)42(69-12)75-34-18(7-51)72-39(21(26(34)60)46-13(2)55)78-37-24(58)16(5-49)70-43(32(37)66)76-35-19(8-52)73-40(22(27(35)61)47-14(3)56)79-38-25(59)17(6-50)71-44(33(38)67)77-36-20(9-53)74-41(31(65)29(36)63)68-10-15(4-48)45-11-54/h11-12,15-44,48-53,57-67H,4-10H2,1-3H3,(H,45,54)(H,46,55)(H,47,56)/t12-,15+,16+,17+,18+,19+,20+,21+,22+,23+,24-,25-,26+,27+,28+,29+,30-,31+,32+,33+,34+,35+,36+,37-,38-,39-,40-,41+,42-,43-,44-/m0/s1. The van der Waals surface area contributed by atoms with E-state index < -0.39 is 248 Å². The molecular weight excluding hydrogens is 1080 g/mol. The van der Waals surface area contributed by atoms with Crippen molar-refractivity contribution in [2.45, 2.75) is 211 Å². The molecule has 6 saturated heterocycles. The minimum atomic E-state index is -2.21. The second-order valence-corrected chi connectivity index (χ2v) is 19.7. The van der Waals surface area contributed by atoms with Gasteiger partial charge in [0.25, 0.3) is 0 Å². The molecule has 35 nitrogen and oxygen atoms in total. The fraction of sp³-hybridized carbons (Fsp3) is 0.932. The maximum Gasteiger partial charge on any atom is 0.217 e. The summed E-state index contributed by atoms with van der Waals surface area (Å²) in [6.45, 7) is -2.61. The number of nitrogens with one attached hydrogen (secondary N) is 3. The van der Waals surface area contributed by atoms with E-state index in [9.17, 15) is 101 Å². The summed E-state index contributed by atoms with van der Waals surface area (Å²) in [7, 11) is 0. The molecule has 6 aliphatic rings. The monoisotopic (exact) mass is 1160 g/mol. The van der Waals surface area contributed by atoms with E-state index >= 15 is 0 Å². The van der Waals surface area contributed by atoms with Gasteiger partial charge in [0, 0.05) is 13.8 Å².